The second kappa shape index (κ2) is 3.58. The summed E-state index contributed by atoms with van der Waals surface area (Å²) >= 11 is 0. The second-order valence-corrected chi connectivity index (χ2v) is 4.60. The normalized spacial score (nSPS) is 23.4. The number of likely N-dealkylation sites (tertiary alicyclic amines) is 1. The molecule has 1 aliphatic heterocycles. The first kappa shape index (κ1) is 10.4. The lowest BCUT2D eigenvalue weighted by molar-refractivity contribution is 0.00864. The molecule has 0 radical (unpaired) electrons. The summed E-state index contributed by atoms with van der Waals surface area (Å²) in [5.74, 6) is 0.750. The van der Waals surface area contributed by atoms with Crippen LogP contribution in [0, 0.1) is 0 Å². The number of hydrogen-bond acceptors (Lipinski definition) is 3. The molecule has 3 heteroatoms. The highest BCUT2D eigenvalue weighted by molar-refractivity contribution is 4.92. The number of ether oxygens (including phenoxy) is 1. The summed E-state index contributed by atoms with van der Waals surface area (Å²) in [7, 11) is 0. The van der Waals surface area contributed by atoms with E-state index in [1.54, 1.807) is 0 Å². The number of rotatable bonds is 2. The third-order valence-electron chi connectivity index (χ3n) is 2.00. The van der Waals surface area contributed by atoms with Crippen molar-refractivity contribution in [2.45, 2.75) is 38.8 Å². The minimum atomic E-state index is -0.163. The van der Waals surface area contributed by atoms with Crippen molar-refractivity contribution in [1.29, 1.82) is 0 Å². The highest BCUT2D eigenvalue weighted by Gasteiger charge is 2.23. The van der Waals surface area contributed by atoms with E-state index in [1.165, 1.54) is 0 Å². The van der Waals surface area contributed by atoms with Gasteiger partial charge in [0.05, 0.1) is 0 Å². The fraction of sp³-hybridized carbons (Fsp3) is 0.800. The Morgan fingerprint density at radius 1 is 1.54 bits per heavy atom. The third kappa shape index (κ3) is 3.27. The number of nitrogens with two attached hydrogens (primary N) is 1. The molecule has 13 heavy (non-hydrogen) atoms. The van der Waals surface area contributed by atoms with Crippen LogP contribution in [0.3, 0.4) is 0 Å². The van der Waals surface area contributed by atoms with Crippen LogP contribution in [-0.2, 0) is 4.74 Å². The van der Waals surface area contributed by atoms with Crippen molar-refractivity contribution in [2.75, 3.05) is 13.1 Å². The van der Waals surface area contributed by atoms with Crippen LogP contribution in [0.1, 0.15) is 27.2 Å². The van der Waals surface area contributed by atoms with Gasteiger partial charge in [0.2, 0.25) is 0 Å². The van der Waals surface area contributed by atoms with Gasteiger partial charge in [0.1, 0.15) is 5.60 Å². The quantitative estimate of drug-likeness (QED) is 0.657. The smallest absolute Gasteiger partial charge is 0.182 e. The van der Waals surface area contributed by atoms with Crippen molar-refractivity contribution in [3.63, 3.8) is 0 Å². The van der Waals surface area contributed by atoms with Gasteiger partial charge in [-0.1, -0.05) is 0 Å². The Bertz CT molecular complexity index is 196. The summed E-state index contributed by atoms with van der Waals surface area (Å²) < 4.78 is 5.65. The van der Waals surface area contributed by atoms with Gasteiger partial charge in [-0.25, -0.2) is 0 Å². The van der Waals surface area contributed by atoms with Gasteiger partial charge in [-0.15, -0.1) is 0 Å². The predicted molar refractivity (Wildman–Crippen MR) is 54.1 cm³/mol. The molecule has 1 heterocycles. The lowest BCUT2D eigenvalue weighted by atomic mass is 10.2. The summed E-state index contributed by atoms with van der Waals surface area (Å²) in [6.07, 6.45) is 1.03. The fourth-order valence-corrected chi connectivity index (χ4v) is 1.43. The van der Waals surface area contributed by atoms with E-state index in [0.29, 0.717) is 0 Å². The average molecular weight is 184 g/mol. The van der Waals surface area contributed by atoms with Crippen molar-refractivity contribution >= 4 is 0 Å². The van der Waals surface area contributed by atoms with Crippen LogP contribution in [0.5, 0.6) is 0 Å². The molecule has 0 aromatic heterocycles. The zero-order valence-corrected chi connectivity index (χ0v) is 8.84. The maximum atomic E-state index is 5.79. The van der Waals surface area contributed by atoms with E-state index in [2.05, 4.69) is 11.5 Å². The molecule has 76 valence electrons. The fourth-order valence-electron chi connectivity index (χ4n) is 1.43. The molecule has 0 amide bonds. The van der Waals surface area contributed by atoms with Crippen LogP contribution in [0.4, 0.5) is 0 Å². The molecule has 1 atom stereocenters. The molecule has 0 aromatic carbocycles. The highest BCUT2D eigenvalue weighted by Crippen LogP contribution is 2.19. The molecule has 0 bridgehead atoms. The Hall–Kier alpha value is -0.700. The molecule has 1 rings (SSSR count). The van der Waals surface area contributed by atoms with Gasteiger partial charge in [0.25, 0.3) is 0 Å². The van der Waals surface area contributed by atoms with E-state index >= 15 is 0 Å². The van der Waals surface area contributed by atoms with Crippen LogP contribution in [-0.4, -0.2) is 29.6 Å². The molecule has 0 aromatic rings. The van der Waals surface area contributed by atoms with Crippen LogP contribution in [0.15, 0.2) is 12.5 Å². The van der Waals surface area contributed by atoms with E-state index in [9.17, 15) is 0 Å². The van der Waals surface area contributed by atoms with Gasteiger partial charge in [0, 0.05) is 19.1 Å². The van der Waals surface area contributed by atoms with E-state index < -0.39 is 0 Å². The molecular formula is C10H20N2O. The Morgan fingerprint density at radius 2 is 2.15 bits per heavy atom. The zero-order chi connectivity index (χ0) is 10.1. The van der Waals surface area contributed by atoms with Crippen molar-refractivity contribution in [3.8, 4) is 0 Å². The maximum absolute atomic E-state index is 5.79. The highest BCUT2D eigenvalue weighted by atomic mass is 16.5. The molecule has 2 N–H and O–H groups in total. The molecule has 1 unspecified atom stereocenters. The van der Waals surface area contributed by atoms with Crippen LogP contribution in [0.2, 0.25) is 0 Å². The topological polar surface area (TPSA) is 38.5 Å². The van der Waals surface area contributed by atoms with Gasteiger partial charge in [-0.2, -0.15) is 0 Å². The first-order chi connectivity index (χ1) is 5.88. The SMILES string of the molecule is C=C(OC(C)(C)C)N1CCC(N)C1. The van der Waals surface area contributed by atoms with E-state index in [1.807, 2.05) is 20.8 Å². The van der Waals surface area contributed by atoms with E-state index in [4.69, 9.17) is 10.5 Å². The Balaban J connectivity index is 2.41. The van der Waals surface area contributed by atoms with Crippen LogP contribution < -0.4 is 5.73 Å². The molecule has 3 nitrogen and oxygen atoms in total. The number of hydrogen-bond donors (Lipinski definition) is 1. The molecule has 1 saturated heterocycles. The summed E-state index contributed by atoms with van der Waals surface area (Å²) in [4.78, 5) is 2.11. The van der Waals surface area contributed by atoms with Gasteiger partial charge >= 0.3 is 0 Å². The van der Waals surface area contributed by atoms with Crippen molar-refractivity contribution in [1.82, 2.24) is 4.90 Å². The second-order valence-electron chi connectivity index (χ2n) is 4.60. The van der Waals surface area contributed by atoms with E-state index in [0.717, 1.165) is 25.4 Å². The minimum Gasteiger partial charge on any atom is -0.474 e. The molecule has 0 spiro atoms. The lowest BCUT2D eigenvalue weighted by Crippen LogP contribution is -2.30. The summed E-state index contributed by atoms with van der Waals surface area (Å²) in [6.45, 7) is 11.8. The first-order valence-electron chi connectivity index (χ1n) is 4.77. The molecule has 1 aliphatic rings. The maximum Gasteiger partial charge on any atom is 0.182 e. The van der Waals surface area contributed by atoms with Gasteiger partial charge in [-0.3, -0.25) is 0 Å². The first-order valence-corrected chi connectivity index (χ1v) is 4.77. The zero-order valence-electron chi connectivity index (χ0n) is 8.84. The average Bonchev–Trinajstić information content (AvgIpc) is 2.31. The van der Waals surface area contributed by atoms with Crippen LogP contribution in [0.25, 0.3) is 0 Å². The van der Waals surface area contributed by atoms with Gasteiger partial charge in [-0.05, 0) is 33.8 Å². The number of nitrogens with zero attached hydrogens (tertiary/aromatic N) is 1. The Labute approximate surface area is 80.5 Å². The third-order valence-corrected chi connectivity index (χ3v) is 2.00. The van der Waals surface area contributed by atoms with Crippen molar-refractivity contribution < 1.29 is 4.74 Å². The largest absolute Gasteiger partial charge is 0.474 e. The monoisotopic (exact) mass is 184 g/mol. The Kier molecular flexibility index (Phi) is 2.86. The molecule has 0 saturated carbocycles. The molecule has 1 fully saturated rings. The molecule has 0 aliphatic carbocycles. The lowest BCUT2D eigenvalue weighted by Gasteiger charge is -2.28. The van der Waals surface area contributed by atoms with E-state index in [-0.39, 0.29) is 11.6 Å². The van der Waals surface area contributed by atoms with Gasteiger partial charge < -0.3 is 15.4 Å². The van der Waals surface area contributed by atoms with Gasteiger partial charge in [0.15, 0.2) is 5.88 Å². The predicted octanol–water partition coefficient (Wildman–Crippen LogP) is 1.31. The summed E-state index contributed by atoms with van der Waals surface area (Å²) in [5, 5.41) is 0. The van der Waals surface area contributed by atoms with Crippen LogP contribution >= 0.6 is 0 Å². The standard InChI is InChI=1S/C10H20N2O/c1-8(13-10(2,3)4)12-6-5-9(11)7-12/h9H,1,5-7,11H2,2-4H3. The van der Waals surface area contributed by atoms with Crippen molar-refractivity contribution in [3.05, 3.63) is 12.5 Å². The summed E-state index contributed by atoms with van der Waals surface area (Å²) in [6, 6.07) is 0.278. The molecular weight excluding hydrogens is 164 g/mol. The van der Waals surface area contributed by atoms with Crippen molar-refractivity contribution in [2.24, 2.45) is 5.73 Å². The summed E-state index contributed by atoms with van der Waals surface area (Å²) in [5.41, 5.74) is 5.63. The minimum absolute atomic E-state index is 0.163. The Morgan fingerprint density at radius 3 is 2.54 bits per heavy atom.